The molecule has 6 heteroatoms. The van der Waals surface area contributed by atoms with Gasteiger partial charge >= 0.3 is 12.1 Å². The first-order valence-corrected chi connectivity index (χ1v) is 8.64. The molecular weight excluding hydrogens is 308 g/mol. The third kappa shape index (κ3) is 3.87. The fourth-order valence-electron chi connectivity index (χ4n) is 3.64. The summed E-state index contributed by atoms with van der Waals surface area (Å²) in [6.45, 7) is 3.85. The maximum absolute atomic E-state index is 12.3. The van der Waals surface area contributed by atoms with Gasteiger partial charge in [-0.05, 0) is 18.9 Å². The first-order valence-electron chi connectivity index (χ1n) is 8.64. The van der Waals surface area contributed by atoms with E-state index in [1.807, 2.05) is 37.3 Å². The molecule has 1 aromatic carbocycles. The summed E-state index contributed by atoms with van der Waals surface area (Å²) in [4.78, 5) is 25.9. The predicted octanol–water partition coefficient (Wildman–Crippen LogP) is 0.913. The van der Waals surface area contributed by atoms with Crippen LogP contribution in [0.5, 0.6) is 0 Å². The monoisotopic (exact) mass is 333 g/mol. The highest BCUT2D eigenvalue weighted by molar-refractivity contribution is 5.74. The molecular formula is C18H25N2O4+. The Kier molecular flexibility index (Phi) is 5.35. The second-order valence-electron chi connectivity index (χ2n) is 6.49. The second-order valence-corrected chi connectivity index (χ2v) is 6.49. The lowest BCUT2D eigenvalue weighted by molar-refractivity contribution is -0.694. The molecule has 1 aromatic rings. The SMILES string of the molecule is CCOC(=O)C1CC2CCN(C(=O)OCc3ccccc3)CC2[NH2+]1. The smallest absolute Gasteiger partial charge is 0.410 e. The minimum absolute atomic E-state index is 0.125. The van der Waals surface area contributed by atoms with E-state index >= 15 is 0 Å². The maximum atomic E-state index is 12.3. The Hall–Kier alpha value is -2.08. The third-order valence-electron chi connectivity index (χ3n) is 4.90. The van der Waals surface area contributed by atoms with Gasteiger partial charge in [0.2, 0.25) is 0 Å². The molecule has 0 bridgehead atoms. The summed E-state index contributed by atoms with van der Waals surface area (Å²) < 4.78 is 10.5. The highest BCUT2D eigenvalue weighted by Gasteiger charge is 2.45. The molecule has 2 saturated heterocycles. The molecule has 2 N–H and O–H groups in total. The number of rotatable bonds is 4. The van der Waals surface area contributed by atoms with Crippen molar-refractivity contribution in [3.63, 3.8) is 0 Å². The van der Waals surface area contributed by atoms with E-state index in [1.165, 1.54) is 0 Å². The van der Waals surface area contributed by atoms with Gasteiger partial charge in [-0.15, -0.1) is 0 Å². The molecule has 0 spiro atoms. The molecule has 1 amide bonds. The van der Waals surface area contributed by atoms with E-state index in [4.69, 9.17) is 9.47 Å². The zero-order chi connectivity index (χ0) is 16.9. The number of hydrogen-bond donors (Lipinski definition) is 1. The maximum Gasteiger partial charge on any atom is 0.410 e. The Morgan fingerprint density at radius 3 is 2.79 bits per heavy atom. The average Bonchev–Trinajstić information content (AvgIpc) is 3.04. The molecule has 2 fully saturated rings. The lowest BCUT2D eigenvalue weighted by Gasteiger charge is -2.31. The second kappa shape index (κ2) is 7.66. The lowest BCUT2D eigenvalue weighted by atomic mass is 9.91. The number of fused-ring (bicyclic) bond motifs is 1. The summed E-state index contributed by atoms with van der Waals surface area (Å²) in [6, 6.07) is 9.81. The van der Waals surface area contributed by atoms with E-state index in [9.17, 15) is 9.59 Å². The Morgan fingerprint density at radius 2 is 2.04 bits per heavy atom. The van der Waals surface area contributed by atoms with Gasteiger partial charge in [0.1, 0.15) is 12.6 Å². The molecule has 130 valence electrons. The van der Waals surface area contributed by atoms with Crippen molar-refractivity contribution < 1.29 is 24.4 Å². The number of nitrogens with two attached hydrogens (primary N) is 1. The van der Waals surface area contributed by atoms with Crippen molar-refractivity contribution in [1.29, 1.82) is 0 Å². The Morgan fingerprint density at radius 1 is 1.25 bits per heavy atom. The number of carbonyl (C=O) groups is 2. The van der Waals surface area contributed by atoms with Crippen LogP contribution in [-0.2, 0) is 20.9 Å². The standard InChI is InChI=1S/C18H24N2O4/c1-2-23-17(21)15-10-14-8-9-20(11-16(14)19-15)18(22)24-12-13-6-4-3-5-7-13/h3-7,14-16,19H,2,8-12H2,1H3/p+1. The van der Waals surface area contributed by atoms with Crippen LogP contribution in [-0.4, -0.2) is 48.7 Å². The van der Waals surface area contributed by atoms with Gasteiger partial charge in [-0.1, -0.05) is 30.3 Å². The van der Waals surface area contributed by atoms with Crippen molar-refractivity contribution in [2.75, 3.05) is 19.7 Å². The van der Waals surface area contributed by atoms with Gasteiger partial charge in [0.05, 0.1) is 13.2 Å². The fraction of sp³-hybridized carbons (Fsp3) is 0.556. The summed E-state index contributed by atoms with van der Waals surface area (Å²) in [6.07, 6.45) is 1.48. The van der Waals surface area contributed by atoms with Crippen molar-refractivity contribution >= 4 is 12.1 Å². The number of quaternary nitrogens is 1. The molecule has 0 aromatic heterocycles. The molecule has 3 atom stereocenters. The summed E-state index contributed by atoms with van der Waals surface area (Å²) in [5.74, 6) is 0.336. The first-order chi connectivity index (χ1) is 11.7. The fourth-order valence-corrected chi connectivity index (χ4v) is 3.64. The minimum Gasteiger partial charge on any atom is -0.462 e. The van der Waals surface area contributed by atoms with Crippen molar-refractivity contribution in [3.05, 3.63) is 35.9 Å². The number of hydrogen-bond acceptors (Lipinski definition) is 4. The number of ether oxygens (including phenoxy) is 2. The van der Waals surface area contributed by atoms with Crippen LogP contribution >= 0.6 is 0 Å². The van der Waals surface area contributed by atoms with E-state index in [2.05, 4.69) is 5.32 Å². The van der Waals surface area contributed by atoms with E-state index in [0.717, 1.165) is 18.4 Å². The van der Waals surface area contributed by atoms with E-state index in [-0.39, 0.29) is 24.1 Å². The van der Waals surface area contributed by atoms with Gasteiger partial charge in [0.15, 0.2) is 6.04 Å². The summed E-state index contributed by atoms with van der Waals surface area (Å²) in [7, 11) is 0. The summed E-state index contributed by atoms with van der Waals surface area (Å²) >= 11 is 0. The molecule has 3 rings (SSSR count). The zero-order valence-electron chi connectivity index (χ0n) is 14.0. The number of nitrogens with zero attached hydrogens (tertiary/aromatic N) is 1. The number of piperidine rings is 1. The number of carbonyl (C=O) groups excluding carboxylic acids is 2. The lowest BCUT2D eigenvalue weighted by Crippen LogP contribution is -2.95. The number of esters is 1. The molecule has 2 aliphatic heterocycles. The van der Waals surface area contributed by atoms with Crippen LogP contribution in [0, 0.1) is 5.92 Å². The minimum atomic E-state index is -0.273. The molecule has 2 heterocycles. The highest BCUT2D eigenvalue weighted by Crippen LogP contribution is 2.25. The number of benzene rings is 1. The molecule has 6 nitrogen and oxygen atoms in total. The van der Waals surface area contributed by atoms with Gasteiger partial charge in [-0.2, -0.15) is 0 Å². The highest BCUT2D eigenvalue weighted by atomic mass is 16.6. The molecule has 0 saturated carbocycles. The van der Waals surface area contributed by atoms with Gasteiger partial charge < -0.3 is 19.7 Å². The molecule has 24 heavy (non-hydrogen) atoms. The van der Waals surface area contributed by atoms with Crippen LogP contribution in [0.3, 0.4) is 0 Å². The molecule has 0 radical (unpaired) electrons. The van der Waals surface area contributed by atoms with Crippen LogP contribution in [0.4, 0.5) is 4.79 Å². The normalized spacial score (nSPS) is 25.9. The quantitative estimate of drug-likeness (QED) is 0.832. The topological polar surface area (TPSA) is 72.5 Å². The van der Waals surface area contributed by atoms with E-state index in [0.29, 0.717) is 32.2 Å². The van der Waals surface area contributed by atoms with Gasteiger partial charge in [-0.25, -0.2) is 9.59 Å². The number of amides is 1. The zero-order valence-corrected chi connectivity index (χ0v) is 14.0. The first kappa shape index (κ1) is 16.8. The average molecular weight is 333 g/mol. The van der Waals surface area contributed by atoms with Crippen LogP contribution in [0.1, 0.15) is 25.3 Å². The van der Waals surface area contributed by atoms with Crippen molar-refractivity contribution in [1.82, 2.24) is 4.90 Å². The van der Waals surface area contributed by atoms with E-state index < -0.39 is 0 Å². The Bertz CT molecular complexity index is 578. The molecule has 3 unspecified atom stereocenters. The largest absolute Gasteiger partial charge is 0.462 e. The van der Waals surface area contributed by atoms with Crippen LogP contribution < -0.4 is 5.32 Å². The van der Waals surface area contributed by atoms with Crippen LogP contribution in [0.25, 0.3) is 0 Å². The van der Waals surface area contributed by atoms with Gasteiger partial charge in [0.25, 0.3) is 0 Å². The summed E-state index contributed by atoms with van der Waals surface area (Å²) in [5, 5.41) is 2.07. The van der Waals surface area contributed by atoms with Crippen molar-refractivity contribution in [3.8, 4) is 0 Å². The predicted molar refractivity (Wildman–Crippen MR) is 87.1 cm³/mol. The van der Waals surface area contributed by atoms with Crippen LogP contribution in [0.15, 0.2) is 30.3 Å². The Labute approximate surface area is 142 Å². The number of likely N-dealkylation sites (tertiary alicyclic amines) is 1. The van der Waals surface area contributed by atoms with Gasteiger partial charge in [-0.3, -0.25) is 0 Å². The molecule has 0 aliphatic carbocycles. The van der Waals surface area contributed by atoms with Gasteiger partial charge in [0, 0.05) is 18.9 Å². The third-order valence-corrected chi connectivity index (χ3v) is 4.90. The van der Waals surface area contributed by atoms with Crippen LogP contribution in [0.2, 0.25) is 0 Å². The summed E-state index contributed by atoms with van der Waals surface area (Å²) in [5.41, 5.74) is 0.982. The Balaban J connectivity index is 1.49. The van der Waals surface area contributed by atoms with Crippen molar-refractivity contribution in [2.45, 2.75) is 38.5 Å². The van der Waals surface area contributed by atoms with Crippen molar-refractivity contribution in [2.24, 2.45) is 5.92 Å². The molecule has 2 aliphatic rings. The van der Waals surface area contributed by atoms with E-state index in [1.54, 1.807) is 4.90 Å².